The summed E-state index contributed by atoms with van der Waals surface area (Å²) in [6.07, 6.45) is 1.62. The van der Waals surface area contributed by atoms with Crippen LogP contribution in [-0.4, -0.2) is 30.2 Å². The largest absolute Gasteiger partial charge is 0.383 e. The summed E-state index contributed by atoms with van der Waals surface area (Å²) >= 11 is 0. The average Bonchev–Trinajstić information content (AvgIpc) is 2.38. The summed E-state index contributed by atoms with van der Waals surface area (Å²) < 4.78 is 4.91. The van der Waals surface area contributed by atoms with Gasteiger partial charge in [-0.1, -0.05) is 0 Å². The van der Waals surface area contributed by atoms with Crippen molar-refractivity contribution in [1.29, 1.82) is 0 Å². The smallest absolute Gasteiger partial charge is 0.301 e. The lowest BCUT2D eigenvalue weighted by molar-refractivity contribution is -0.382. The van der Waals surface area contributed by atoms with Crippen LogP contribution in [0, 0.1) is 10.1 Å². The number of nitro groups is 1. The molecule has 94 valence electrons. The Bertz CT molecular complexity index is 571. The van der Waals surface area contributed by atoms with Crippen LogP contribution in [0.5, 0.6) is 0 Å². The summed E-state index contributed by atoms with van der Waals surface area (Å²) in [6, 6.07) is 6.82. The molecule has 1 aromatic carbocycles. The molecule has 0 aliphatic heterocycles. The van der Waals surface area contributed by atoms with E-state index < -0.39 is 0 Å². The quantitative estimate of drug-likeness (QED) is 0.498. The van der Waals surface area contributed by atoms with Crippen molar-refractivity contribution in [2.75, 3.05) is 25.6 Å². The van der Waals surface area contributed by atoms with Crippen LogP contribution in [0.15, 0.2) is 30.5 Å². The number of hydrogen-bond acceptors (Lipinski definition) is 5. The van der Waals surface area contributed by atoms with Gasteiger partial charge in [0, 0.05) is 19.9 Å². The van der Waals surface area contributed by atoms with Gasteiger partial charge < -0.3 is 10.1 Å². The molecule has 2 aromatic rings. The second-order valence-corrected chi connectivity index (χ2v) is 3.71. The van der Waals surface area contributed by atoms with E-state index in [2.05, 4.69) is 10.3 Å². The Balaban J connectivity index is 2.46. The van der Waals surface area contributed by atoms with E-state index in [9.17, 15) is 10.1 Å². The minimum atomic E-state index is -0.390. The van der Waals surface area contributed by atoms with Crippen molar-refractivity contribution in [2.45, 2.75) is 0 Å². The van der Waals surface area contributed by atoms with Crippen LogP contribution in [0.4, 0.5) is 11.4 Å². The Hall–Kier alpha value is -2.21. The fourth-order valence-corrected chi connectivity index (χ4v) is 1.76. The number of pyridine rings is 1. The van der Waals surface area contributed by atoms with Crippen LogP contribution < -0.4 is 5.32 Å². The molecular formula is C12H13N3O3. The maximum absolute atomic E-state index is 11.2. The van der Waals surface area contributed by atoms with Gasteiger partial charge in [-0.2, -0.15) is 0 Å². The normalized spacial score (nSPS) is 10.5. The first-order valence-electron chi connectivity index (χ1n) is 5.49. The van der Waals surface area contributed by atoms with Crippen LogP contribution in [-0.2, 0) is 4.74 Å². The van der Waals surface area contributed by atoms with Gasteiger partial charge in [-0.05, 0) is 24.3 Å². The van der Waals surface area contributed by atoms with Gasteiger partial charge >= 0.3 is 5.69 Å². The number of methoxy groups -OCH3 is 1. The van der Waals surface area contributed by atoms with E-state index in [0.29, 0.717) is 29.7 Å². The number of nitro benzene ring substituents is 1. The summed E-state index contributed by atoms with van der Waals surface area (Å²) in [5.74, 6) is 0. The fraction of sp³-hybridized carbons (Fsp3) is 0.250. The zero-order valence-corrected chi connectivity index (χ0v) is 9.92. The standard InChI is InChI=1S/C12H13N3O3/c1-18-8-7-14-11-5-4-10-9(3-2-6-13-10)12(11)15(16)17/h2-6,14H,7-8H2,1H3. The molecule has 6 heteroatoms. The van der Waals surface area contributed by atoms with Crippen LogP contribution >= 0.6 is 0 Å². The molecule has 6 nitrogen and oxygen atoms in total. The van der Waals surface area contributed by atoms with Gasteiger partial charge in [-0.15, -0.1) is 0 Å². The van der Waals surface area contributed by atoms with E-state index in [1.807, 2.05) is 0 Å². The molecule has 0 spiro atoms. The Morgan fingerprint density at radius 3 is 3.00 bits per heavy atom. The lowest BCUT2D eigenvalue weighted by atomic mass is 10.1. The van der Waals surface area contributed by atoms with Gasteiger partial charge in [0.25, 0.3) is 0 Å². The molecule has 0 radical (unpaired) electrons. The summed E-state index contributed by atoms with van der Waals surface area (Å²) in [5.41, 5.74) is 1.15. The number of fused-ring (bicyclic) bond motifs is 1. The summed E-state index contributed by atoms with van der Waals surface area (Å²) in [4.78, 5) is 14.9. The Kier molecular flexibility index (Phi) is 3.69. The highest BCUT2D eigenvalue weighted by Crippen LogP contribution is 2.32. The average molecular weight is 247 g/mol. The number of nitrogens with one attached hydrogen (secondary N) is 1. The Morgan fingerprint density at radius 2 is 2.28 bits per heavy atom. The minimum absolute atomic E-state index is 0.0525. The number of ether oxygens (including phenoxy) is 1. The SMILES string of the molecule is COCCNc1ccc2ncccc2c1[N+](=O)[O-]. The molecule has 0 amide bonds. The summed E-state index contributed by atoms with van der Waals surface area (Å²) in [6.45, 7) is 1.01. The van der Waals surface area contributed by atoms with E-state index in [-0.39, 0.29) is 10.6 Å². The highest BCUT2D eigenvalue weighted by atomic mass is 16.6. The second-order valence-electron chi connectivity index (χ2n) is 3.71. The lowest BCUT2D eigenvalue weighted by Crippen LogP contribution is -2.09. The minimum Gasteiger partial charge on any atom is -0.383 e. The predicted octanol–water partition coefficient (Wildman–Crippen LogP) is 2.20. The number of aromatic nitrogens is 1. The van der Waals surface area contributed by atoms with Crippen molar-refractivity contribution in [3.63, 3.8) is 0 Å². The molecule has 0 unspecified atom stereocenters. The molecule has 18 heavy (non-hydrogen) atoms. The molecule has 0 aliphatic carbocycles. The monoisotopic (exact) mass is 247 g/mol. The first-order chi connectivity index (χ1) is 8.74. The molecular weight excluding hydrogens is 234 g/mol. The third-order valence-corrected chi connectivity index (χ3v) is 2.56. The molecule has 1 aromatic heterocycles. The molecule has 0 aliphatic rings. The zero-order valence-electron chi connectivity index (χ0n) is 9.92. The van der Waals surface area contributed by atoms with Gasteiger partial charge in [0.2, 0.25) is 0 Å². The van der Waals surface area contributed by atoms with E-state index in [4.69, 9.17) is 4.74 Å². The second kappa shape index (κ2) is 5.42. The molecule has 0 atom stereocenters. The first kappa shape index (κ1) is 12.3. The Labute approximate surface area is 104 Å². The molecule has 1 heterocycles. The van der Waals surface area contributed by atoms with Gasteiger partial charge in [-0.25, -0.2) is 0 Å². The number of anilines is 1. The van der Waals surface area contributed by atoms with Gasteiger partial charge in [-0.3, -0.25) is 15.1 Å². The van der Waals surface area contributed by atoms with Crippen molar-refractivity contribution in [3.8, 4) is 0 Å². The molecule has 0 saturated carbocycles. The maximum Gasteiger partial charge on any atom is 0.301 e. The van der Waals surface area contributed by atoms with Crippen LogP contribution in [0.3, 0.4) is 0 Å². The highest BCUT2D eigenvalue weighted by Gasteiger charge is 2.18. The highest BCUT2D eigenvalue weighted by molar-refractivity contribution is 5.94. The number of rotatable bonds is 5. The third-order valence-electron chi connectivity index (χ3n) is 2.56. The van der Waals surface area contributed by atoms with Crippen molar-refractivity contribution >= 4 is 22.3 Å². The fourth-order valence-electron chi connectivity index (χ4n) is 1.76. The predicted molar refractivity (Wildman–Crippen MR) is 68.8 cm³/mol. The lowest BCUT2D eigenvalue weighted by Gasteiger charge is -2.08. The van der Waals surface area contributed by atoms with E-state index >= 15 is 0 Å². The van der Waals surface area contributed by atoms with E-state index in [0.717, 1.165) is 0 Å². The van der Waals surface area contributed by atoms with Crippen LogP contribution in [0.1, 0.15) is 0 Å². The number of nitrogens with zero attached hydrogens (tertiary/aromatic N) is 2. The molecule has 0 fully saturated rings. The summed E-state index contributed by atoms with van der Waals surface area (Å²) in [7, 11) is 1.58. The van der Waals surface area contributed by atoms with Crippen molar-refractivity contribution < 1.29 is 9.66 Å². The maximum atomic E-state index is 11.2. The van der Waals surface area contributed by atoms with Gasteiger partial charge in [0.15, 0.2) is 0 Å². The van der Waals surface area contributed by atoms with Crippen molar-refractivity contribution in [2.24, 2.45) is 0 Å². The molecule has 0 saturated heterocycles. The molecule has 1 N–H and O–H groups in total. The van der Waals surface area contributed by atoms with E-state index in [1.54, 1.807) is 37.6 Å². The number of hydrogen-bond donors (Lipinski definition) is 1. The third kappa shape index (κ3) is 2.38. The molecule has 2 rings (SSSR count). The summed E-state index contributed by atoms with van der Waals surface area (Å²) in [5, 5.41) is 14.7. The molecule has 0 bridgehead atoms. The van der Waals surface area contributed by atoms with E-state index in [1.165, 1.54) is 0 Å². The van der Waals surface area contributed by atoms with Crippen LogP contribution in [0.2, 0.25) is 0 Å². The first-order valence-corrected chi connectivity index (χ1v) is 5.49. The van der Waals surface area contributed by atoms with Crippen molar-refractivity contribution in [3.05, 3.63) is 40.6 Å². The zero-order chi connectivity index (χ0) is 13.0. The topological polar surface area (TPSA) is 77.3 Å². The Morgan fingerprint density at radius 1 is 1.44 bits per heavy atom. The van der Waals surface area contributed by atoms with Gasteiger partial charge in [0.05, 0.1) is 22.4 Å². The van der Waals surface area contributed by atoms with Crippen LogP contribution in [0.25, 0.3) is 10.9 Å². The van der Waals surface area contributed by atoms with Gasteiger partial charge in [0.1, 0.15) is 5.69 Å². The van der Waals surface area contributed by atoms with Crippen molar-refractivity contribution in [1.82, 2.24) is 4.98 Å². The number of benzene rings is 1.